The Kier molecular flexibility index (Phi) is 30.1. The van der Waals surface area contributed by atoms with E-state index in [-0.39, 0.29) is 200 Å². The minimum atomic E-state index is -5.44. The van der Waals surface area contributed by atoms with Crippen LogP contribution in [-0.4, -0.2) is 108 Å². The molecule has 2 heterocycles. The molecule has 416 valence electrons. The first-order valence-corrected chi connectivity index (χ1v) is 29.9. The van der Waals surface area contributed by atoms with E-state index in [1.54, 1.807) is 36.4 Å². The maximum absolute atomic E-state index is 12.7. The molecule has 0 aliphatic heterocycles. The van der Waals surface area contributed by atoms with E-state index in [0.29, 0.717) is 36.4 Å². The molecular weight excluding hydrogens is 1320 g/mol. The van der Waals surface area contributed by atoms with Crippen molar-refractivity contribution in [3.8, 4) is 23.5 Å². The fourth-order valence-corrected chi connectivity index (χ4v) is 10.2. The maximum Gasteiger partial charge on any atom is 1.00 e. The summed E-state index contributed by atoms with van der Waals surface area (Å²) in [5.74, 6) is 0.257. The number of para-hydroxylation sites is 2. The van der Waals surface area contributed by atoms with Gasteiger partial charge in [-0.1, -0.05) is 60.7 Å². The van der Waals surface area contributed by atoms with Gasteiger partial charge in [-0.2, -0.15) is 9.97 Å². The van der Waals surface area contributed by atoms with Crippen molar-refractivity contribution in [1.82, 2.24) is 29.9 Å². The molecule has 0 aliphatic rings. The predicted octanol–water partition coefficient (Wildman–Crippen LogP) is -16.1. The molecule has 0 fully saturated rings. The number of hydrogen-bond acceptors (Lipinski definition) is 26. The van der Waals surface area contributed by atoms with Gasteiger partial charge in [-0.05, 0) is 96.1 Å². The van der Waals surface area contributed by atoms with Crippen molar-refractivity contribution in [1.29, 1.82) is 0 Å². The van der Waals surface area contributed by atoms with Crippen molar-refractivity contribution in [2.45, 2.75) is 29.4 Å². The Hall–Kier alpha value is -2.66. The third-order valence-corrected chi connectivity index (χ3v) is 15.3. The van der Waals surface area contributed by atoms with Crippen molar-refractivity contribution < 1.29 is 265 Å². The number of nitrogens with zero attached hydrogens (tertiary/aromatic N) is 6. The van der Waals surface area contributed by atoms with E-state index in [0.717, 1.165) is 24.3 Å². The number of benzene rings is 6. The second-order valence-electron chi connectivity index (χ2n) is 15.7. The van der Waals surface area contributed by atoms with Gasteiger partial charge in [0.15, 0.2) is 0 Å². The first kappa shape index (κ1) is 79.4. The first-order chi connectivity index (χ1) is 37.3. The fourth-order valence-electron chi connectivity index (χ4n) is 6.71. The molecule has 42 heteroatoms. The number of aromatic amines is 4. The Morgan fingerprint density at radius 3 is 0.977 bits per heavy atom. The van der Waals surface area contributed by atoms with E-state index in [1.165, 1.54) is 48.6 Å². The van der Waals surface area contributed by atoms with Crippen LogP contribution in [0.1, 0.15) is 11.1 Å². The number of aromatic nitrogens is 6. The standard InChI is InChI=1S/C44H34N10O20S6.6Na/c55-75(56,57)29-15-19-35(77(61,62)63)33(23-29)47-41-49-39(51-43(53-41)73-27-7-3-1-4-8-27)45-31-17-13-25(21-37(31)79(67,68)69)11-12-26-14-18-32(38(22-26)80(70,71)72)46-40-50-42(54-44(52-40)74-28-9-5-2-6-10-28)48-34-24-30(76(58,59)60)16-20-36(34)78(64,65)66;;;;;;/h1-24H,(H,55,56,57)(H,58,59,60)(H,61,62,63)(H,64,65,66)(H,67,68,69)(H,70,71,72)(H2,45,47,49,51,53)(H2,46,48,50,52,54);;;;;;/q;6*+1/p-6/b12-11+;;;;;;. The first-order valence-electron chi connectivity index (χ1n) is 21.4. The van der Waals surface area contributed by atoms with Crippen LogP contribution in [0, 0.1) is 0 Å². The SMILES string of the molecule is O=S(=O)([O-])c1ccc(S(=O)(=O)[O-])c(N=c2[nH]c(Oc3ccccc3)nc(=Nc3ccc(/C=C/c4ccc(N=c5nc(Oc6ccccc6)[nH]c(=Nc6cc(S(=O)(=O)[O-])ccc6S(=O)(=O)[O-])[nH]5)c(S(=O)(=O)[O-])c4)cc3S(=O)(=O)[O-])[nH]2)c1.[Na+].[Na+].[Na+].[Na+].[Na+].[Na+]. The van der Waals surface area contributed by atoms with Crippen LogP contribution in [0.15, 0.2) is 183 Å². The van der Waals surface area contributed by atoms with Gasteiger partial charge >= 0.3 is 189 Å². The molecule has 0 saturated heterocycles. The molecule has 0 spiro atoms. The summed E-state index contributed by atoms with van der Waals surface area (Å²) < 4.78 is 231. The molecule has 6 aromatic carbocycles. The molecule has 2 aromatic heterocycles. The third-order valence-electron chi connectivity index (χ3n) is 10.1. The topological polar surface area (TPSA) is 500 Å². The molecule has 0 bridgehead atoms. The van der Waals surface area contributed by atoms with Crippen LogP contribution < -0.4 is 209 Å². The van der Waals surface area contributed by atoms with Crippen LogP contribution in [0.25, 0.3) is 12.2 Å². The van der Waals surface area contributed by atoms with Gasteiger partial charge in [-0.15, -0.1) is 0 Å². The molecule has 8 rings (SSSR count). The second-order valence-corrected chi connectivity index (χ2v) is 23.9. The molecule has 30 nitrogen and oxygen atoms in total. The van der Waals surface area contributed by atoms with E-state index in [4.69, 9.17) is 9.47 Å². The van der Waals surface area contributed by atoms with Crippen molar-refractivity contribution in [3.05, 3.63) is 167 Å². The smallest absolute Gasteiger partial charge is 0.744 e. The van der Waals surface area contributed by atoms with Gasteiger partial charge in [-0.25, -0.2) is 70.5 Å². The summed E-state index contributed by atoms with van der Waals surface area (Å²) in [6.07, 6.45) is 2.36. The average molecular weight is 1350 g/mol. The number of nitrogens with one attached hydrogen (secondary N) is 4. The Morgan fingerprint density at radius 2 is 0.674 bits per heavy atom. The molecule has 0 unspecified atom stereocenters. The largest absolute Gasteiger partial charge is 1.00 e. The molecule has 0 amide bonds. The van der Waals surface area contributed by atoms with Crippen molar-refractivity contribution >= 4 is 95.6 Å². The minimum Gasteiger partial charge on any atom is -0.744 e. The van der Waals surface area contributed by atoms with Crippen molar-refractivity contribution in [3.63, 3.8) is 0 Å². The van der Waals surface area contributed by atoms with E-state index in [9.17, 15) is 77.8 Å². The predicted molar refractivity (Wildman–Crippen MR) is 262 cm³/mol. The second kappa shape index (κ2) is 32.6. The van der Waals surface area contributed by atoms with Crippen LogP contribution in [0.5, 0.6) is 23.5 Å². The summed E-state index contributed by atoms with van der Waals surface area (Å²) in [6.45, 7) is 0. The van der Waals surface area contributed by atoms with Crippen LogP contribution in [-0.2, 0) is 60.7 Å². The minimum absolute atomic E-state index is 0. The molecule has 0 radical (unpaired) electrons. The van der Waals surface area contributed by atoms with Crippen LogP contribution in [0.4, 0.5) is 22.7 Å². The van der Waals surface area contributed by atoms with Gasteiger partial charge in [0.1, 0.15) is 72.2 Å². The summed E-state index contributed by atoms with van der Waals surface area (Å²) in [7, 11) is -32.1. The zero-order valence-electron chi connectivity index (χ0n) is 45.2. The quantitative estimate of drug-likeness (QED) is 0.0396. The van der Waals surface area contributed by atoms with Crippen molar-refractivity contribution in [2.24, 2.45) is 20.0 Å². The molecule has 0 atom stereocenters. The van der Waals surface area contributed by atoms with Gasteiger partial charge in [0.2, 0.25) is 22.5 Å². The zero-order chi connectivity index (χ0) is 58.0. The maximum atomic E-state index is 12.7. The third kappa shape index (κ3) is 22.0. The molecular formula is C44H28N10Na6O20S6. The van der Waals surface area contributed by atoms with Crippen molar-refractivity contribution in [2.75, 3.05) is 0 Å². The summed E-state index contributed by atoms with van der Waals surface area (Å²) in [5, 5.41) is 0. The Bertz CT molecular complexity index is 4570. The van der Waals surface area contributed by atoms with Gasteiger partial charge in [0.25, 0.3) is 0 Å². The van der Waals surface area contributed by atoms with Crippen LogP contribution in [0.3, 0.4) is 0 Å². The van der Waals surface area contributed by atoms with Crippen LogP contribution in [0.2, 0.25) is 0 Å². The average Bonchev–Trinajstić information content (AvgIpc) is 3.25. The van der Waals surface area contributed by atoms with Crippen LogP contribution >= 0.6 is 0 Å². The fraction of sp³-hybridized carbons (Fsp3) is 0. The molecule has 4 N–H and O–H groups in total. The Labute approximate surface area is 620 Å². The van der Waals surface area contributed by atoms with E-state index >= 15 is 0 Å². The molecule has 8 aromatic rings. The summed E-state index contributed by atoms with van der Waals surface area (Å²) in [6, 6.07) is 23.7. The van der Waals surface area contributed by atoms with E-state index in [1.807, 2.05) is 0 Å². The van der Waals surface area contributed by atoms with Gasteiger partial charge in [-0.3, -0.25) is 19.9 Å². The van der Waals surface area contributed by atoms with E-state index < -0.39 is 147 Å². The molecule has 0 saturated carbocycles. The Morgan fingerprint density at radius 1 is 0.349 bits per heavy atom. The number of ether oxygens (including phenoxy) is 2. The van der Waals surface area contributed by atoms with E-state index in [2.05, 4.69) is 49.9 Å². The van der Waals surface area contributed by atoms with Gasteiger partial charge in [0.05, 0.1) is 52.1 Å². The summed E-state index contributed by atoms with van der Waals surface area (Å²) in [4.78, 5) is 28.0. The monoisotopic (exact) mass is 1350 g/mol. The Balaban J connectivity index is 0.00000420. The molecule has 86 heavy (non-hydrogen) atoms. The number of hydrogen-bond donors (Lipinski definition) is 4. The summed E-state index contributed by atoms with van der Waals surface area (Å²) in [5.41, 5.74) is -5.41. The zero-order valence-corrected chi connectivity index (χ0v) is 62.1. The van der Waals surface area contributed by atoms with Gasteiger partial charge < -0.3 is 36.8 Å². The normalized spacial score (nSPS) is 12.8. The van der Waals surface area contributed by atoms with Gasteiger partial charge in [0, 0.05) is 0 Å². The molecule has 0 aliphatic carbocycles. The number of H-pyrrole nitrogens is 4. The summed E-state index contributed by atoms with van der Waals surface area (Å²) >= 11 is 0. The number of rotatable bonds is 16.